The molecule has 0 aliphatic rings. The lowest BCUT2D eigenvalue weighted by Crippen LogP contribution is -2.32. The maximum atomic E-state index is 12.3. The van der Waals surface area contributed by atoms with Gasteiger partial charge in [-0.2, -0.15) is 0 Å². The van der Waals surface area contributed by atoms with Gasteiger partial charge in [0.1, 0.15) is 5.82 Å². The number of rotatable bonds is 4. The Morgan fingerprint density at radius 2 is 2.16 bits per heavy atom. The predicted molar refractivity (Wildman–Crippen MR) is 74.6 cm³/mol. The Morgan fingerprint density at radius 1 is 1.32 bits per heavy atom. The monoisotopic (exact) mass is 256 g/mol. The van der Waals surface area contributed by atoms with Gasteiger partial charge in [0, 0.05) is 18.9 Å². The zero-order valence-corrected chi connectivity index (χ0v) is 10.8. The van der Waals surface area contributed by atoms with Crippen LogP contribution < -0.4 is 10.6 Å². The third-order valence-electron chi connectivity index (χ3n) is 2.74. The van der Waals surface area contributed by atoms with Crippen LogP contribution in [-0.2, 0) is 11.2 Å². The summed E-state index contributed by atoms with van der Waals surface area (Å²) in [7, 11) is 0. The maximum absolute atomic E-state index is 12.3. The van der Waals surface area contributed by atoms with Crippen LogP contribution in [0.25, 0.3) is 0 Å². The molecule has 0 aromatic carbocycles. The summed E-state index contributed by atoms with van der Waals surface area (Å²) in [6.07, 6.45) is 5.25. The van der Waals surface area contributed by atoms with Crippen LogP contribution in [-0.4, -0.2) is 22.4 Å². The van der Waals surface area contributed by atoms with Crippen LogP contribution in [0.1, 0.15) is 12.5 Å². The molecule has 0 radical (unpaired) electrons. The summed E-state index contributed by atoms with van der Waals surface area (Å²) >= 11 is 0. The van der Waals surface area contributed by atoms with Gasteiger partial charge >= 0.3 is 0 Å². The highest BCUT2D eigenvalue weighted by Crippen LogP contribution is 2.13. The topological polar surface area (TPSA) is 72.1 Å². The van der Waals surface area contributed by atoms with Crippen molar-refractivity contribution >= 4 is 17.4 Å². The van der Waals surface area contributed by atoms with E-state index in [0.29, 0.717) is 24.5 Å². The Morgan fingerprint density at radius 3 is 2.74 bits per heavy atom. The van der Waals surface area contributed by atoms with Gasteiger partial charge in [0.2, 0.25) is 5.91 Å². The Bertz CT molecular complexity index is 539. The van der Waals surface area contributed by atoms with E-state index in [9.17, 15) is 4.79 Å². The fourth-order valence-electron chi connectivity index (χ4n) is 1.80. The number of pyridine rings is 2. The van der Waals surface area contributed by atoms with Crippen LogP contribution in [0.3, 0.4) is 0 Å². The number of hydrogen-bond donors (Lipinski definition) is 1. The molecule has 0 bridgehead atoms. The Kier molecular flexibility index (Phi) is 4.07. The Labute approximate surface area is 112 Å². The minimum absolute atomic E-state index is 0.00669. The molecule has 19 heavy (non-hydrogen) atoms. The number of carbonyl (C=O) groups is 1. The van der Waals surface area contributed by atoms with E-state index in [0.717, 1.165) is 5.56 Å². The number of aromatic nitrogens is 2. The van der Waals surface area contributed by atoms with E-state index in [-0.39, 0.29) is 5.91 Å². The molecule has 98 valence electrons. The fraction of sp³-hybridized carbons (Fsp3) is 0.214. The Hall–Kier alpha value is -2.43. The van der Waals surface area contributed by atoms with Gasteiger partial charge < -0.3 is 5.73 Å². The van der Waals surface area contributed by atoms with Crippen molar-refractivity contribution in [3.63, 3.8) is 0 Å². The second-order valence-corrected chi connectivity index (χ2v) is 4.13. The molecule has 0 unspecified atom stereocenters. The van der Waals surface area contributed by atoms with E-state index in [1.165, 1.54) is 0 Å². The molecule has 5 heteroatoms. The highest BCUT2D eigenvalue weighted by atomic mass is 16.2. The predicted octanol–water partition coefficient (Wildman–Crippen LogP) is 1.65. The van der Waals surface area contributed by atoms with Crippen LogP contribution in [0.5, 0.6) is 0 Å². The normalized spacial score (nSPS) is 10.2. The summed E-state index contributed by atoms with van der Waals surface area (Å²) < 4.78 is 0. The molecular weight excluding hydrogens is 240 g/mol. The molecule has 5 nitrogen and oxygen atoms in total. The van der Waals surface area contributed by atoms with Crippen molar-refractivity contribution in [2.24, 2.45) is 0 Å². The number of hydrogen-bond acceptors (Lipinski definition) is 4. The molecular formula is C14H16N4O. The standard InChI is InChI=1S/C14H16N4O/c1-2-18(13-6-5-12(15)10-17-13)14(19)8-11-4-3-7-16-9-11/h3-7,9-10H,2,8,15H2,1H3. The molecule has 0 fully saturated rings. The molecule has 2 N–H and O–H groups in total. The van der Waals surface area contributed by atoms with Crippen LogP contribution in [0.4, 0.5) is 11.5 Å². The van der Waals surface area contributed by atoms with Gasteiger partial charge in [-0.25, -0.2) is 4.98 Å². The molecule has 0 atom stereocenters. The highest BCUT2D eigenvalue weighted by Gasteiger charge is 2.15. The molecule has 0 spiro atoms. The van der Waals surface area contributed by atoms with Gasteiger partial charge in [-0.3, -0.25) is 14.7 Å². The van der Waals surface area contributed by atoms with E-state index in [1.807, 2.05) is 19.1 Å². The Balaban J connectivity index is 2.13. The van der Waals surface area contributed by atoms with E-state index in [2.05, 4.69) is 9.97 Å². The summed E-state index contributed by atoms with van der Waals surface area (Å²) in [5.41, 5.74) is 7.07. The number of amides is 1. The average molecular weight is 256 g/mol. The highest BCUT2D eigenvalue weighted by molar-refractivity contribution is 5.93. The number of likely N-dealkylation sites (N-methyl/N-ethyl adjacent to an activating group) is 1. The fourth-order valence-corrected chi connectivity index (χ4v) is 1.80. The van der Waals surface area contributed by atoms with Crippen molar-refractivity contribution in [3.8, 4) is 0 Å². The molecule has 0 saturated carbocycles. The van der Waals surface area contributed by atoms with Gasteiger partial charge in [-0.05, 0) is 30.7 Å². The molecule has 2 heterocycles. The molecule has 0 saturated heterocycles. The number of anilines is 2. The average Bonchev–Trinajstić information content (AvgIpc) is 2.43. The van der Waals surface area contributed by atoms with E-state index in [4.69, 9.17) is 5.73 Å². The quantitative estimate of drug-likeness (QED) is 0.902. The first-order chi connectivity index (χ1) is 9.20. The van der Waals surface area contributed by atoms with Crippen LogP contribution in [0.2, 0.25) is 0 Å². The van der Waals surface area contributed by atoms with Crippen LogP contribution in [0, 0.1) is 0 Å². The summed E-state index contributed by atoms with van der Waals surface area (Å²) in [6, 6.07) is 7.19. The van der Waals surface area contributed by atoms with Gasteiger partial charge in [0.25, 0.3) is 0 Å². The summed E-state index contributed by atoms with van der Waals surface area (Å²) in [6.45, 7) is 2.48. The van der Waals surface area contributed by atoms with E-state index in [1.54, 1.807) is 35.6 Å². The smallest absolute Gasteiger partial charge is 0.232 e. The molecule has 2 rings (SSSR count). The number of nitrogens with two attached hydrogens (primary N) is 1. The van der Waals surface area contributed by atoms with Crippen LogP contribution in [0.15, 0.2) is 42.9 Å². The number of nitrogens with zero attached hydrogens (tertiary/aromatic N) is 3. The lowest BCUT2D eigenvalue weighted by molar-refractivity contribution is -0.118. The van der Waals surface area contributed by atoms with E-state index >= 15 is 0 Å². The maximum Gasteiger partial charge on any atom is 0.232 e. The summed E-state index contributed by atoms with van der Waals surface area (Å²) in [4.78, 5) is 22.1. The second-order valence-electron chi connectivity index (χ2n) is 4.13. The van der Waals surface area contributed by atoms with Crippen molar-refractivity contribution in [2.75, 3.05) is 17.2 Å². The van der Waals surface area contributed by atoms with Crippen molar-refractivity contribution in [1.82, 2.24) is 9.97 Å². The third-order valence-corrected chi connectivity index (χ3v) is 2.74. The third kappa shape index (κ3) is 3.28. The number of nitrogen functional groups attached to an aromatic ring is 1. The lowest BCUT2D eigenvalue weighted by atomic mass is 10.2. The zero-order valence-electron chi connectivity index (χ0n) is 10.8. The van der Waals surface area contributed by atoms with Crippen LogP contribution >= 0.6 is 0 Å². The summed E-state index contributed by atoms with van der Waals surface area (Å²) in [5, 5.41) is 0. The van der Waals surface area contributed by atoms with Gasteiger partial charge in [0.15, 0.2) is 0 Å². The molecule has 2 aromatic rings. The second kappa shape index (κ2) is 5.95. The first-order valence-electron chi connectivity index (χ1n) is 6.11. The van der Waals surface area contributed by atoms with Crippen molar-refractivity contribution < 1.29 is 4.79 Å². The molecule has 1 amide bonds. The van der Waals surface area contributed by atoms with Gasteiger partial charge in [-0.1, -0.05) is 6.07 Å². The molecule has 2 aromatic heterocycles. The van der Waals surface area contributed by atoms with Gasteiger partial charge in [0.05, 0.1) is 18.3 Å². The zero-order chi connectivity index (χ0) is 13.7. The largest absolute Gasteiger partial charge is 0.397 e. The molecule has 0 aliphatic carbocycles. The van der Waals surface area contributed by atoms with Crippen molar-refractivity contribution in [1.29, 1.82) is 0 Å². The van der Waals surface area contributed by atoms with E-state index < -0.39 is 0 Å². The SMILES string of the molecule is CCN(C(=O)Cc1cccnc1)c1ccc(N)cn1. The minimum atomic E-state index is -0.00669. The van der Waals surface area contributed by atoms with Gasteiger partial charge in [-0.15, -0.1) is 0 Å². The van der Waals surface area contributed by atoms with Crippen molar-refractivity contribution in [3.05, 3.63) is 48.4 Å². The van der Waals surface area contributed by atoms with Crippen molar-refractivity contribution in [2.45, 2.75) is 13.3 Å². The lowest BCUT2D eigenvalue weighted by Gasteiger charge is -2.19. The summed E-state index contributed by atoms with van der Waals surface area (Å²) in [5.74, 6) is 0.610. The number of carbonyl (C=O) groups excluding carboxylic acids is 1. The molecule has 0 aliphatic heterocycles. The first kappa shape index (κ1) is 13.0. The first-order valence-corrected chi connectivity index (χ1v) is 6.11. The minimum Gasteiger partial charge on any atom is -0.397 e.